The Hall–Kier alpha value is -3.07. The monoisotopic (exact) mass is 297 g/mol. The molecule has 112 valence electrons. The van der Waals surface area contributed by atoms with Crippen molar-refractivity contribution >= 4 is 11.4 Å². The fraction of sp³-hybridized carbons (Fsp3) is 0.188. The van der Waals surface area contributed by atoms with Crippen LogP contribution in [0, 0.1) is 21.4 Å². The van der Waals surface area contributed by atoms with E-state index >= 15 is 0 Å². The molecule has 2 rings (SSSR count). The first-order valence-corrected chi connectivity index (χ1v) is 6.74. The summed E-state index contributed by atoms with van der Waals surface area (Å²) in [6, 6.07) is 15.6. The predicted molar refractivity (Wildman–Crippen MR) is 82.8 cm³/mol. The minimum absolute atomic E-state index is 0.119. The van der Waals surface area contributed by atoms with E-state index in [9.17, 15) is 10.1 Å². The molecule has 0 bridgehead atoms. The van der Waals surface area contributed by atoms with Crippen LogP contribution in [0.15, 0.2) is 48.5 Å². The topological polar surface area (TPSA) is 88.2 Å². The number of hydrogen-bond donors (Lipinski definition) is 1. The van der Waals surface area contributed by atoms with Gasteiger partial charge in [0.05, 0.1) is 23.1 Å². The number of benzene rings is 2. The molecule has 1 unspecified atom stereocenters. The third-order valence-electron chi connectivity index (χ3n) is 2.98. The highest BCUT2D eigenvalue weighted by molar-refractivity contribution is 5.64. The number of nitriles is 1. The molecule has 2 aromatic carbocycles. The fourth-order valence-electron chi connectivity index (χ4n) is 1.93. The highest BCUT2D eigenvalue weighted by Gasteiger charge is 2.15. The lowest BCUT2D eigenvalue weighted by atomic mass is 10.2. The summed E-state index contributed by atoms with van der Waals surface area (Å²) in [7, 11) is 0. The molecule has 22 heavy (non-hydrogen) atoms. The molecule has 0 saturated carbocycles. The molecule has 0 aliphatic rings. The van der Waals surface area contributed by atoms with Crippen LogP contribution in [0.4, 0.5) is 11.4 Å². The van der Waals surface area contributed by atoms with Crippen molar-refractivity contribution in [1.82, 2.24) is 0 Å². The first kappa shape index (κ1) is 15.3. The summed E-state index contributed by atoms with van der Waals surface area (Å²) in [5, 5.41) is 22.8. The zero-order valence-corrected chi connectivity index (χ0v) is 12.0. The van der Waals surface area contributed by atoms with Gasteiger partial charge in [-0.25, -0.2) is 0 Å². The molecule has 0 amide bonds. The maximum Gasteiger partial charge on any atom is 0.293 e. The number of hydrogen-bond acceptors (Lipinski definition) is 5. The van der Waals surface area contributed by atoms with Gasteiger partial charge in [-0.3, -0.25) is 10.1 Å². The largest absolute Gasteiger partial charge is 0.489 e. The Bertz CT molecular complexity index is 696. The summed E-state index contributed by atoms with van der Waals surface area (Å²) in [6.45, 7) is 2.27. The van der Waals surface area contributed by atoms with Gasteiger partial charge in [-0.2, -0.15) is 5.26 Å². The number of nitrogens with zero attached hydrogens (tertiary/aromatic N) is 2. The van der Waals surface area contributed by atoms with Gasteiger partial charge >= 0.3 is 0 Å². The second-order valence-corrected chi connectivity index (χ2v) is 4.72. The van der Waals surface area contributed by atoms with E-state index in [0.717, 1.165) is 5.75 Å². The third kappa shape index (κ3) is 3.96. The summed E-state index contributed by atoms with van der Waals surface area (Å²) >= 11 is 0. The Morgan fingerprint density at radius 2 is 2.05 bits per heavy atom. The molecular weight excluding hydrogens is 282 g/mol. The fourth-order valence-corrected chi connectivity index (χ4v) is 1.93. The Morgan fingerprint density at radius 3 is 2.68 bits per heavy atom. The van der Waals surface area contributed by atoms with Gasteiger partial charge in [0.25, 0.3) is 5.69 Å². The molecule has 2 aromatic rings. The number of ether oxygens (including phenoxy) is 1. The van der Waals surface area contributed by atoms with E-state index < -0.39 is 4.92 Å². The molecule has 6 nitrogen and oxygen atoms in total. The molecule has 1 atom stereocenters. The van der Waals surface area contributed by atoms with Gasteiger partial charge in [-0.1, -0.05) is 18.2 Å². The molecular formula is C16H15N3O3. The van der Waals surface area contributed by atoms with Gasteiger partial charge in [0, 0.05) is 6.07 Å². The number of nitro benzene ring substituents is 1. The van der Waals surface area contributed by atoms with Crippen LogP contribution in [-0.4, -0.2) is 17.6 Å². The molecule has 1 N–H and O–H groups in total. The highest BCUT2D eigenvalue weighted by atomic mass is 16.6. The van der Waals surface area contributed by atoms with Crippen LogP contribution in [0.3, 0.4) is 0 Å². The second kappa shape index (κ2) is 7.09. The van der Waals surface area contributed by atoms with E-state index in [1.165, 1.54) is 18.2 Å². The zero-order chi connectivity index (χ0) is 15.9. The average Bonchev–Trinajstić information content (AvgIpc) is 2.53. The molecule has 0 radical (unpaired) electrons. The number of para-hydroxylation sites is 1. The van der Waals surface area contributed by atoms with E-state index in [4.69, 9.17) is 10.00 Å². The van der Waals surface area contributed by atoms with Crippen LogP contribution < -0.4 is 10.1 Å². The zero-order valence-electron chi connectivity index (χ0n) is 12.0. The summed E-state index contributed by atoms with van der Waals surface area (Å²) in [4.78, 5) is 10.5. The molecule has 0 aliphatic carbocycles. The Balaban J connectivity index is 2.02. The third-order valence-corrected chi connectivity index (χ3v) is 2.98. The van der Waals surface area contributed by atoms with Gasteiger partial charge in [0.2, 0.25) is 0 Å². The van der Waals surface area contributed by atoms with Crippen molar-refractivity contribution in [3.8, 4) is 11.8 Å². The van der Waals surface area contributed by atoms with Crippen LogP contribution in [0.25, 0.3) is 0 Å². The molecule has 6 heteroatoms. The van der Waals surface area contributed by atoms with Gasteiger partial charge in [-0.15, -0.1) is 0 Å². The Kier molecular flexibility index (Phi) is 4.94. The smallest absolute Gasteiger partial charge is 0.293 e. The number of nitro groups is 1. The van der Waals surface area contributed by atoms with Crippen molar-refractivity contribution in [1.29, 1.82) is 5.26 Å². The van der Waals surface area contributed by atoms with Crippen LogP contribution in [0.2, 0.25) is 0 Å². The van der Waals surface area contributed by atoms with Gasteiger partial charge in [0.1, 0.15) is 17.5 Å². The SMILES string of the molecule is CC(CNc1ccc(C#N)cc1[N+](=O)[O-])Oc1ccccc1. The first-order chi connectivity index (χ1) is 10.6. The number of anilines is 1. The standard InChI is InChI=1S/C16H15N3O3/c1-12(22-14-5-3-2-4-6-14)11-18-15-8-7-13(10-17)9-16(15)19(20)21/h2-9,12,18H,11H2,1H3. The summed E-state index contributed by atoms with van der Waals surface area (Å²) in [6.07, 6.45) is -0.169. The van der Waals surface area contributed by atoms with E-state index in [-0.39, 0.29) is 17.4 Å². The van der Waals surface area contributed by atoms with Crippen molar-refractivity contribution in [2.45, 2.75) is 13.0 Å². The molecule has 0 aliphatic heterocycles. The molecule has 0 aromatic heterocycles. The quantitative estimate of drug-likeness (QED) is 0.652. The van der Waals surface area contributed by atoms with E-state index in [1.807, 2.05) is 43.3 Å². The van der Waals surface area contributed by atoms with Crippen LogP contribution >= 0.6 is 0 Å². The average molecular weight is 297 g/mol. The summed E-state index contributed by atoms with van der Waals surface area (Å²) in [5.41, 5.74) is 0.504. The number of rotatable bonds is 6. The van der Waals surface area contributed by atoms with Crippen LogP contribution in [0.1, 0.15) is 12.5 Å². The molecule has 0 fully saturated rings. The van der Waals surface area contributed by atoms with Gasteiger partial charge in [-0.05, 0) is 31.2 Å². The van der Waals surface area contributed by atoms with Crippen molar-refractivity contribution in [2.24, 2.45) is 0 Å². The van der Waals surface area contributed by atoms with E-state index in [2.05, 4.69) is 5.32 Å². The predicted octanol–water partition coefficient (Wildman–Crippen LogP) is 3.35. The lowest BCUT2D eigenvalue weighted by Gasteiger charge is -2.16. The van der Waals surface area contributed by atoms with Crippen molar-refractivity contribution in [2.75, 3.05) is 11.9 Å². The van der Waals surface area contributed by atoms with Crippen molar-refractivity contribution in [3.05, 3.63) is 64.2 Å². The number of nitrogens with one attached hydrogen (secondary N) is 1. The minimum atomic E-state index is -0.508. The second-order valence-electron chi connectivity index (χ2n) is 4.72. The summed E-state index contributed by atoms with van der Waals surface area (Å²) < 4.78 is 5.70. The maximum absolute atomic E-state index is 11.1. The molecule has 0 saturated heterocycles. The van der Waals surface area contributed by atoms with Gasteiger partial charge < -0.3 is 10.1 Å². The first-order valence-electron chi connectivity index (χ1n) is 6.74. The molecule has 0 spiro atoms. The van der Waals surface area contributed by atoms with E-state index in [0.29, 0.717) is 12.2 Å². The maximum atomic E-state index is 11.1. The Morgan fingerprint density at radius 1 is 1.32 bits per heavy atom. The minimum Gasteiger partial charge on any atom is -0.489 e. The normalized spacial score (nSPS) is 11.3. The lowest BCUT2D eigenvalue weighted by Crippen LogP contribution is -2.23. The van der Waals surface area contributed by atoms with Gasteiger partial charge in [0.15, 0.2) is 0 Å². The highest BCUT2D eigenvalue weighted by Crippen LogP contribution is 2.25. The van der Waals surface area contributed by atoms with E-state index in [1.54, 1.807) is 0 Å². The van der Waals surface area contributed by atoms with Crippen LogP contribution in [0.5, 0.6) is 5.75 Å². The van der Waals surface area contributed by atoms with Crippen molar-refractivity contribution in [3.63, 3.8) is 0 Å². The van der Waals surface area contributed by atoms with Crippen LogP contribution in [-0.2, 0) is 0 Å². The summed E-state index contributed by atoms with van der Waals surface area (Å²) in [5.74, 6) is 0.742. The van der Waals surface area contributed by atoms with Crippen molar-refractivity contribution < 1.29 is 9.66 Å². The molecule has 0 heterocycles. The Labute approximate surface area is 128 Å². The lowest BCUT2D eigenvalue weighted by molar-refractivity contribution is -0.384.